The lowest BCUT2D eigenvalue weighted by atomic mass is 10.2. The highest BCUT2D eigenvalue weighted by atomic mass is 19.1. The van der Waals surface area contributed by atoms with Crippen LogP contribution in [0.4, 0.5) is 4.39 Å². The Bertz CT molecular complexity index is 418. The van der Waals surface area contributed by atoms with Gasteiger partial charge in [-0.2, -0.15) is 0 Å². The van der Waals surface area contributed by atoms with Gasteiger partial charge in [0.2, 0.25) is 5.78 Å². The predicted octanol–water partition coefficient (Wildman–Crippen LogP) is 1.04. The number of Topliss-reactive ketones (excluding diaryl/α,β-unsaturated/α-hetero) is 1. The standard InChI is InChI=1S/C11H12FNO3/c1-7(14)11(15)13-6-8-5-9(12)3-4-10(8)16-2/h3-5H,6H2,1-2H3,(H,13,15). The van der Waals surface area contributed by atoms with Crippen LogP contribution in [0.15, 0.2) is 18.2 Å². The number of benzene rings is 1. The average Bonchev–Trinajstić information content (AvgIpc) is 2.25. The third-order valence-corrected chi connectivity index (χ3v) is 2.00. The molecule has 0 aromatic heterocycles. The second-order valence-electron chi connectivity index (χ2n) is 3.20. The molecule has 86 valence electrons. The molecule has 0 aliphatic rings. The molecule has 16 heavy (non-hydrogen) atoms. The van der Waals surface area contributed by atoms with Crippen molar-refractivity contribution in [1.29, 1.82) is 0 Å². The van der Waals surface area contributed by atoms with E-state index in [4.69, 9.17) is 4.74 Å². The van der Waals surface area contributed by atoms with Crippen molar-refractivity contribution in [2.75, 3.05) is 7.11 Å². The number of rotatable bonds is 4. The first-order chi connectivity index (χ1) is 7.54. The zero-order valence-corrected chi connectivity index (χ0v) is 9.04. The fourth-order valence-electron chi connectivity index (χ4n) is 1.19. The first-order valence-corrected chi connectivity index (χ1v) is 4.65. The monoisotopic (exact) mass is 225 g/mol. The van der Waals surface area contributed by atoms with Crippen molar-refractivity contribution in [1.82, 2.24) is 5.32 Å². The van der Waals surface area contributed by atoms with Crippen LogP contribution in [0.5, 0.6) is 5.75 Å². The van der Waals surface area contributed by atoms with E-state index in [2.05, 4.69) is 5.32 Å². The van der Waals surface area contributed by atoms with Gasteiger partial charge in [0.1, 0.15) is 11.6 Å². The Morgan fingerprint density at radius 1 is 1.44 bits per heavy atom. The number of amides is 1. The van der Waals surface area contributed by atoms with Gasteiger partial charge in [0, 0.05) is 19.0 Å². The minimum absolute atomic E-state index is 0.0549. The Morgan fingerprint density at radius 3 is 2.69 bits per heavy atom. The minimum Gasteiger partial charge on any atom is -0.496 e. The lowest BCUT2D eigenvalue weighted by Gasteiger charge is -2.08. The van der Waals surface area contributed by atoms with Crippen molar-refractivity contribution < 1.29 is 18.7 Å². The van der Waals surface area contributed by atoms with Crippen LogP contribution in [0.3, 0.4) is 0 Å². The van der Waals surface area contributed by atoms with Crippen LogP contribution in [-0.2, 0) is 16.1 Å². The quantitative estimate of drug-likeness (QED) is 0.779. The fraction of sp³-hybridized carbons (Fsp3) is 0.273. The Hall–Kier alpha value is -1.91. The summed E-state index contributed by atoms with van der Waals surface area (Å²) in [4.78, 5) is 21.7. The molecular formula is C11H12FNO3. The Morgan fingerprint density at radius 2 is 2.12 bits per heavy atom. The Kier molecular flexibility index (Phi) is 3.99. The van der Waals surface area contributed by atoms with Crippen LogP contribution < -0.4 is 10.1 Å². The van der Waals surface area contributed by atoms with Gasteiger partial charge in [0.05, 0.1) is 7.11 Å². The van der Waals surface area contributed by atoms with Crippen molar-refractivity contribution in [2.24, 2.45) is 0 Å². The zero-order valence-electron chi connectivity index (χ0n) is 9.04. The predicted molar refractivity (Wildman–Crippen MR) is 55.5 cm³/mol. The van der Waals surface area contributed by atoms with E-state index in [0.717, 1.165) is 6.92 Å². The number of ketones is 1. The molecule has 0 bridgehead atoms. The van der Waals surface area contributed by atoms with Crippen molar-refractivity contribution in [3.8, 4) is 5.75 Å². The Labute approximate surface area is 92.4 Å². The van der Waals surface area contributed by atoms with Crippen LogP contribution in [0, 0.1) is 5.82 Å². The van der Waals surface area contributed by atoms with Gasteiger partial charge in [0.25, 0.3) is 5.91 Å². The topological polar surface area (TPSA) is 55.4 Å². The highest BCUT2D eigenvalue weighted by Crippen LogP contribution is 2.18. The van der Waals surface area contributed by atoms with Crippen molar-refractivity contribution in [3.63, 3.8) is 0 Å². The molecule has 0 spiro atoms. The number of nitrogens with one attached hydrogen (secondary N) is 1. The number of carbonyl (C=O) groups excluding carboxylic acids is 2. The van der Waals surface area contributed by atoms with E-state index in [1.807, 2.05) is 0 Å². The molecule has 5 heteroatoms. The molecule has 1 rings (SSSR count). The van der Waals surface area contributed by atoms with E-state index in [-0.39, 0.29) is 6.54 Å². The first-order valence-electron chi connectivity index (χ1n) is 4.65. The molecule has 0 radical (unpaired) electrons. The molecule has 0 heterocycles. The van der Waals surface area contributed by atoms with Crippen LogP contribution in [0.2, 0.25) is 0 Å². The largest absolute Gasteiger partial charge is 0.496 e. The molecule has 0 saturated carbocycles. The zero-order chi connectivity index (χ0) is 12.1. The van der Waals surface area contributed by atoms with Crippen molar-refractivity contribution in [2.45, 2.75) is 13.5 Å². The van der Waals surface area contributed by atoms with Crippen LogP contribution in [0.25, 0.3) is 0 Å². The van der Waals surface area contributed by atoms with Gasteiger partial charge < -0.3 is 10.1 Å². The molecule has 0 unspecified atom stereocenters. The number of hydrogen-bond donors (Lipinski definition) is 1. The number of hydrogen-bond acceptors (Lipinski definition) is 3. The molecule has 4 nitrogen and oxygen atoms in total. The summed E-state index contributed by atoms with van der Waals surface area (Å²) in [5, 5.41) is 2.37. The van der Waals surface area contributed by atoms with Gasteiger partial charge in [-0.15, -0.1) is 0 Å². The molecule has 0 fully saturated rings. The van der Waals surface area contributed by atoms with Crippen LogP contribution >= 0.6 is 0 Å². The van der Waals surface area contributed by atoms with Gasteiger partial charge >= 0.3 is 0 Å². The number of carbonyl (C=O) groups is 2. The van der Waals surface area contributed by atoms with Gasteiger partial charge in [-0.05, 0) is 18.2 Å². The maximum atomic E-state index is 12.9. The van der Waals surface area contributed by atoms with Gasteiger partial charge in [-0.3, -0.25) is 9.59 Å². The summed E-state index contributed by atoms with van der Waals surface area (Å²) in [5.41, 5.74) is 0.483. The highest BCUT2D eigenvalue weighted by Gasteiger charge is 2.09. The third-order valence-electron chi connectivity index (χ3n) is 2.00. The normalized spacial score (nSPS) is 9.69. The van der Waals surface area contributed by atoms with Gasteiger partial charge in [-0.1, -0.05) is 0 Å². The maximum absolute atomic E-state index is 12.9. The molecule has 1 aromatic carbocycles. The van der Waals surface area contributed by atoms with Crippen LogP contribution in [-0.4, -0.2) is 18.8 Å². The van der Waals surface area contributed by atoms with E-state index >= 15 is 0 Å². The minimum atomic E-state index is -0.702. The van der Waals surface area contributed by atoms with Gasteiger partial charge in [-0.25, -0.2) is 4.39 Å². The summed E-state index contributed by atoms with van der Waals surface area (Å²) >= 11 is 0. The van der Waals surface area contributed by atoms with Crippen molar-refractivity contribution in [3.05, 3.63) is 29.6 Å². The highest BCUT2D eigenvalue weighted by molar-refractivity contribution is 6.35. The average molecular weight is 225 g/mol. The van der Waals surface area contributed by atoms with Crippen LogP contribution in [0.1, 0.15) is 12.5 Å². The summed E-state index contributed by atoms with van der Waals surface area (Å²) in [7, 11) is 1.45. The summed E-state index contributed by atoms with van der Waals surface area (Å²) in [6.07, 6.45) is 0. The SMILES string of the molecule is COc1ccc(F)cc1CNC(=O)C(C)=O. The second-order valence-corrected chi connectivity index (χ2v) is 3.20. The third kappa shape index (κ3) is 3.05. The summed E-state index contributed by atoms with van der Waals surface area (Å²) < 4.78 is 17.9. The smallest absolute Gasteiger partial charge is 0.287 e. The van der Waals surface area contributed by atoms with Crippen molar-refractivity contribution >= 4 is 11.7 Å². The molecule has 0 aliphatic heterocycles. The molecule has 1 N–H and O–H groups in total. The van der Waals surface area contributed by atoms with E-state index in [9.17, 15) is 14.0 Å². The molecule has 0 atom stereocenters. The molecule has 1 amide bonds. The summed E-state index contributed by atoms with van der Waals surface area (Å²) in [6.45, 7) is 1.22. The molecular weight excluding hydrogens is 213 g/mol. The van der Waals surface area contributed by atoms with E-state index in [0.29, 0.717) is 11.3 Å². The number of methoxy groups -OCH3 is 1. The number of halogens is 1. The molecule has 0 aliphatic carbocycles. The maximum Gasteiger partial charge on any atom is 0.287 e. The lowest BCUT2D eigenvalue weighted by molar-refractivity contribution is -0.136. The number of ether oxygens (including phenoxy) is 1. The second kappa shape index (κ2) is 5.25. The molecule has 0 saturated heterocycles. The fourth-order valence-corrected chi connectivity index (χ4v) is 1.19. The lowest BCUT2D eigenvalue weighted by Crippen LogP contribution is -2.28. The summed E-state index contributed by atoms with van der Waals surface area (Å²) in [6, 6.07) is 3.97. The van der Waals surface area contributed by atoms with Gasteiger partial charge in [0.15, 0.2) is 0 Å². The van der Waals surface area contributed by atoms with E-state index in [1.165, 1.54) is 25.3 Å². The molecule has 1 aromatic rings. The van der Waals surface area contributed by atoms with E-state index in [1.54, 1.807) is 0 Å². The Balaban J connectivity index is 2.76. The van der Waals surface area contributed by atoms with E-state index < -0.39 is 17.5 Å². The first kappa shape index (κ1) is 12.2. The summed E-state index contributed by atoms with van der Waals surface area (Å²) in [5.74, 6) is -1.25.